The van der Waals surface area contributed by atoms with E-state index in [1.165, 1.54) is 5.56 Å². The number of nitrogens with one attached hydrogen (secondary N) is 1. The second kappa shape index (κ2) is 6.81. The van der Waals surface area contributed by atoms with Crippen molar-refractivity contribution in [3.63, 3.8) is 0 Å². The van der Waals surface area contributed by atoms with Crippen LogP contribution in [0.5, 0.6) is 0 Å². The number of thiazole rings is 1. The van der Waals surface area contributed by atoms with Gasteiger partial charge in [-0.15, -0.1) is 11.3 Å². The van der Waals surface area contributed by atoms with Crippen LogP contribution in [0, 0.1) is 0 Å². The fraction of sp³-hybridized carbons (Fsp3) is 0.429. The van der Waals surface area contributed by atoms with E-state index in [1.807, 2.05) is 30.4 Å². The van der Waals surface area contributed by atoms with Crippen molar-refractivity contribution in [3.05, 3.63) is 24.3 Å². The van der Waals surface area contributed by atoms with Crippen LogP contribution >= 0.6 is 23.1 Å². The number of likely N-dealkylation sites (N-methyl/N-ethyl adjacent to an activating group) is 1. The minimum Gasteiger partial charge on any atom is -0.367 e. The number of aryl methyl sites for hydroxylation is 1. The summed E-state index contributed by atoms with van der Waals surface area (Å²) >= 11 is 3.24. The van der Waals surface area contributed by atoms with Crippen molar-refractivity contribution in [2.75, 3.05) is 32.2 Å². The lowest BCUT2D eigenvalue weighted by Gasteiger charge is -2.23. The monoisotopic (exact) mass is 349 g/mol. The van der Waals surface area contributed by atoms with Gasteiger partial charge in [0.15, 0.2) is 9.99 Å². The molecule has 3 heterocycles. The van der Waals surface area contributed by atoms with E-state index < -0.39 is 0 Å². The molecule has 0 aliphatic heterocycles. The van der Waals surface area contributed by atoms with E-state index in [2.05, 4.69) is 44.4 Å². The molecule has 3 aromatic heterocycles. The van der Waals surface area contributed by atoms with Gasteiger partial charge in [0.25, 0.3) is 0 Å². The van der Waals surface area contributed by atoms with Gasteiger partial charge >= 0.3 is 0 Å². The highest BCUT2D eigenvalue weighted by molar-refractivity contribution is 8.00. The quantitative estimate of drug-likeness (QED) is 0.684. The summed E-state index contributed by atoms with van der Waals surface area (Å²) in [5.74, 6) is 0.837. The van der Waals surface area contributed by atoms with Gasteiger partial charge < -0.3 is 10.2 Å². The summed E-state index contributed by atoms with van der Waals surface area (Å²) in [4.78, 5) is 15.3. The zero-order chi connectivity index (χ0) is 16.4. The predicted molar refractivity (Wildman–Crippen MR) is 95.1 cm³/mol. The van der Waals surface area contributed by atoms with Crippen LogP contribution < -0.4 is 5.32 Å². The summed E-state index contributed by atoms with van der Waals surface area (Å²) in [7, 11) is 6.06. The van der Waals surface area contributed by atoms with Gasteiger partial charge in [-0.05, 0) is 20.4 Å². The highest BCUT2D eigenvalue weighted by atomic mass is 32.2. The first-order valence-corrected chi connectivity index (χ1v) is 9.17. The number of anilines is 1. The first-order chi connectivity index (χ1) is 11.1. The van der Waals surface area contributed by atoms with E-state index in [0.717, 1.165) is 27.0 Å². The molecule has 0 saturated heterocycles. The van der Waals surface area contributed by atoms with Crippen LogP contribution in [0.25, 0.3) is 10.3 Å². The molecule has 0 bridgehead atoms. The van der Waals surface area contributed by atoms with Crippen molar-refractivity contribution < 1.29 is 0 Å². The number of hydrogen-bond donors (Lipinski definition) is 1. The summed E-state index contributed by atoms with van der Waals surface area (Å²) in [5, 5.41) is 7.71. The Morgan fingerprint density at radius 2 is 2.22 bits per heavy atom. The van der Waals surface area contributed by atoms with Gasteiger partial charge in [-0.1, -0.05) is 11.8 Å². The SMILES string of the molecule is CSc1nc2ncnc(NCC(c3cnn(C)c3)N(C)C)c2s1. The molecule has 7 nitrogen and oxygen atoms in total. The standard InChI is InChI=1S/C14H19N7S2/c1-20(2)10(9-5-18-21(3)7-9)6-15-12-11-13(17-8-16-12)19-14(22-4)23-11/h5,7-8,10H,6H2,1-4H3,(H,15,16,17). The lowest BCUT2D eigenvalue weighted by atomic mass is 10.1. The molecule has 3 rings (SSSR count). The third kappa shape index (κ3) is 3.46. The van der Waals surface area contributed by atoms with Gasteiger partial charge in [0.2, 0.25) is 0 Å². The second-order valence-corrected chi connectivity index (χ2v) is 7.42. The summed E-state index contributed by atoms with van der Waals surface area (Å²) in [6, 6.07) is 0.210. The molecule has 0 spiro atoms. The highest BCUT2D eigenvalue weighted by Crippen LogP contribution is 2.31. The van der Waals surface area contributed by atoms with E-state index in [0.29, 0.717) is 0 Å². The predicted octanol–water partition coefficient (Wildman–Crippen LogP) is 2.26. The molecular formula is C14H19N7S2. The number of thioether (sulfide) groups is 1. The van der Waals surface area contributed by atoms with Gasteiger partial charge in [0, 0.05) is 25.4 Å². The molecule has 1 atom stereocenters. The van der Waals surface area contributed by atoms with Gasteiger partial charge in [-0.25, -0.2) is 15.0 Å². The van der Waals surface area contributed by atoms with E-state index in [1.54, 1.807) is 29.4 Å². The Balaban J connectivity index is 1.82. The molecule has 1 unspecified atom stereocenters. The Hall–Kier alpha value is -1.71. The zero-order valence-electron chi connectivity index (χ0n) is 13.5. The van der Waals surface area contributed by atoms with Gasteiger partial charge in [0.05, 0.1) is 12.2 Å². The Morgan fingerprint density at radius 1 is 1.39 bits per heavy atom. The van der Waals surface area contributed by atoms with Gasteiger partial charge in [-0.3, -0.25) is 4.68 Å². The maximum atomic E-state index is 4.48. The average Bonchev–Trinajstić information content (AvgIpc) is 3.13. The largest absolute Gasteiger partial charge is 0.367 e. The minimum atomic E-state index is 0.210. The molecule has 3 aromatic rings. The minimum absolute atomic E-state index is 0.210. The smallest absolute Gasteiger partial charge is 0.176 e. The van der Waals surface area contributed by atoms with Gasteiger partial charge in [0.1, 0.15) is 16.8 Å². The molecule has 0 aliphatic carbocycles. The molecular weight excluding hydrogens is 330 g/mol. The Morgan fingerprint density at radius 3 is 2.87 bits per heavy atom. The molecule has 0 aromatic carbocycles. The van der Waals surface area contributed by atoms with Crippen LogP contribution in [0.2, 0.25) is 0 Å². The topological polar surface area (TPSA) is 71.8 Å². The summed E-state index contributed by atoms with van der Waals surface area (Å²) < 4.78 is 3.82. The third-order valence-electron chi connectivity index (χ3n) is 3.54. The molecule has 0 radical (unpaired) electrons. The third-order valence-corrected chi connectivity index (χ3v) is 5.58. The van der Waals surface area contributed by atoms with Crippen molar-refractivity contribution in [2.24, 2.45) is 7.05 Å². The fourth-order valence-electron chi connectivity index (χ4n) is 2.35. The van der Waals surface area contributed by atoms with Crippen LogP contribution in [-0.4, -0.2) is 56.5 Å². The summed E-state index contributed by atoms with van der Waals surface area (Å²) in [6.07, 6.45) is 7.52. The number of nitrogens with zero attached hydrogens (tertiary/aromatic N) is 6. The average molecular weight is 349 g/mol. The molecule has 0 fully saturated rings. The number of aromatic nitrogens is 5. The zero-order valence-corrected chi connectivity index (χ0v) is 15.1. The maximum absolute atomic E-state index is 4.48. The number of rotatable bonds is 6. The van der Waals surface area contributed by atoms with E-state index in [4.69, 9.17) is 0 Å². The van der Waals surface area contributed by atoms with Crippen LogP contribution in [0.3, 0.4) is 0 Å². The highest BCUT2D eigenvalue weighted by Gasteiger charge is 2.17. The Kier molecular flexibility index (Phi) is 4.79. The van der Waals surface area contributed by atoms with E-state index in [-0.39, 0.29) is 6.04 Å². The number of hydrogen-bond acceptors (Lipinski definition) is 8. The van der Waals surface area contributed by atoms with Crippen molar-refractivity contribution in [1.29, 1.82) is 0 Å². The maximum Gasteiger partial charge on any atom is 0.176 e. The first-order valence-electron chi connectivity index (χ1n) is 7.13. The first kappa shape index (κ1) is 16.2. The van der Waals surface area contributed by atoms with Crippen molar-refractivity contribution in [1.82, 2.24) is 29.6 Å². The number of fused-ring (bicyclic) bond motifs is 1. The molecule has 0 aliphatic rings. The second-order valence-electron chi connectivity index (χ2n) is 5.37. The lowest BCUT2D eigenvalue weighted by Crippen LogP contribution is -2.26. The normalized spacial score (nSPS) is 12.9. The van der Waals surface area contributed by atoms with E-state index >= 15 is 0 Å². The molecule has 0 amide bonds. The lowest BCUT2D eigenvalue weighted by molar-refractivity contribution is 0.311. The van der Waals surface area contributed by atoms with Crippen molar-refractivity contribution >= 4 is 39.3 Å². The van der Waals surface area contributed by atoms with E-state index in [9.17, 15) is 0 Å². The van der Waals surface area contributed by atoms with Crippen molar-refractivity contribution in [2.45, 2.75) is 10.4 Å². The van der Waals surface area contributed by atoms with Crippen LogP contribution in [-0.2, 0) is 7.05 Å². The van der Waals surface area contributed by atoms with Gasteiger partial charge in [-0.2, -0.15) is 5.10 Å². The van der Waals surface area contributed by atoms with Crippen LogP contribution in [0.4, 0.5) is 5.82 Å². The van der Waals surface area contributed by atoms with Crippen LogP contribution in [0.1, 0.15) is 11.6 Å². The Labute approximate surface area is 143 Å². The summed E-state index contributed by atoms with van der Waals surface area (Å²) in [5.41, 5.74) is 1.92. The van der Waals surface area contributed by atoms with Crippen LogP contribution in [0.15, 0.2) is 23.1 Å². The Bertz CT molecular complexity index is 795. The molecule has 1 N–H and O–H groups in total. The fourth-order valence-corrected chi connectivity index (χ4v) is 3.83. The van der Waals surface area contributed by atoms with Crippen molar-refractivity contribution in [3.8, 4) is 0 Å². The molecule has 0 saturated carbocycles. The summed E-state index contributed by atoms with van der Waals surface area (Å²) in [6.45, 7) is 0.733. The molecule has 23 heavy (non-hydrogen) atoms. The molecule has 9 heteroatoms. The molecule has 122 valence electrons.